The van der Waals surface area contributed by atoms with Gasteiger partial charge in [-0.2, -0.15) is 10.2 Å². The van der Waals surface area contributed by atoms with Crippen LogP contribution in [0.25, 0.3) is 0 Å². The van der Waals surface area contributed by atoms with Gasteiger partial charge in [-0.15, -0.1) is 0 Å². The normalized spacial score (nSPS) is 11.1. The number of aromatic nitrogens is 4. The molecule has 0 unspecified atom stereocenters. The number of carbonyl (C=O) groups is 1. The lowest BCUT2D eigenvalue weighted by molar-refractivity contribution is 0.102. The molecule has 0 bridgehead atoms. The van der Waals surface area contributed by atoms with Crippen LogP contribution in [0.4, 0.5) is 5.82 Å². The Labute approximate surface area is 112 Å². The Bertz CT molecular complexity index is 589. The van der Waals surface area contributed by atoms with Crippen LogP contribution in [0.3, 0.4) is 0 Å². The molecule has 0 aliphatic rings. The maximum atomic E-state index is 12.1. The van der Waals surface area contributed by atoms with Gasteiger partial charge in [0, 0.05) is 24.8 Å². The SMILES string of the molecule is Cc1cc(NC(=O)c2cc(C)n(C)n2)n(C(C)C)n1. The van der Waals surface area contributed by atoms with E-state index in [1.54, 1.807) is 15.4 Å². The van der Waals surface area contributed by atoms with E-state index < -0.39 is 0 Å². The van der Waals surface area contributed by atoms with Crippen molar-refractivity contribution in [1.29, 1.82) is 0 Å². The molecule has 0 aliphatic carbocycles. The van der Waals surface area contributed by atoms with Crippen LogP contribution < -0.4 is 5.32 Å². The molecule has 0 saturated heterocycles. The van der Waals surface area contributed by atoms with E-state index in [2.05, 4.69) is 15.5 Å². The topological polar surface area (TPSA) is 64.7 Å². The molecule has 2 rings (SSSR count). The van der Waals surface area contributed by atoms with E-state index in [4.69, 9.17) is 0 Å². The number of amides is 1. The highest BCUT2D eigenvalue weighted by molar-refractivity contribution is 6.02. The molecule has 6 nitrogen and oxygen atoms in total. The van der Waals surface area contributed by atoms with Crippen LogP contribution in [-0.4, -0.2) is 25.5 Å². The second-order valence-corrected chi connectivity index (χ2v) is 4.96. The van der Waals surface area contributed by atoms with Crippen LogP contribution in [-0.2, 0) is 7.05 Å². The van der Waals surface area contributed by atoms with E-state index in [0.717, 1.165) is 11.4 Å². The highest BCUT2D eigenvalue weighted by atomic mass is 16.2. The molecular weight excluding hydrogens is 242 g/mol. The molecule has 1 amide bonds. The molecule has 0 radical (unpaired) electrons. The minimum absolute atomic E-state index is 0.189. The zero-order chi connectivity index (χ0) is 14.2. The lowest BCUT2D eigenvalue weighted by Crippen LogP contribution is -2.17. The minimum Gasteiger partial charge on any atom is -0.305 e. The number of anilines is 1. The van der Waals surface area contributed by atoms with Crippen molar-refractivity contribution >= 4 is 11.7 Å². The molecular formula is C13H19N5O. The largest absolute Gasteiger partial charge is 0.305 e. The predicted octanol–water partition coefficient (Wildman–Crippen LogP) is 2.07. The third-order valence-electron chi connectivity index (χ3n) is 2.94. The third kappa shape index (κ3) is 2.67. The van der Waals surface area contributed by atoms with Crippen molar-refractivity contribution in [2.24, 2.45) is 7.05 Å². The molecule has 2 aromatic rings. The van der Waals surface area contributed by atoms with Gasteiger partial charge in [0.25, 0.3) is 5.91 Å². The highest BCUT2D eigenvalue weighted by Gasteiger charge is 2.15. The fourth-order valence-electron chi connectivity index (χ4n) is 1.86. The van der Waals surface area contributed by atoms with E-state index in [9.17, 15) is 4.79 Å². The van der Waals surface area contributed by atoms with Gasteiger partial charge in [-0.3, -0.25) is 9.48 Å². The monoisotopic (exact) mass is 261 g/mol. The molecule has 102 valence electrons. The molecule has 1 N–H and O–H groups in total. The van der Waals surface area contributed by atoms with E-state index in [1.165, 1.54) is 0 Å². The van der Waals surface area contributed by atoms with Crippen LogP contribution in [0.5, 0.6) is 0 Å². The second-order valence-electron chi connectivity index (χ2n) is 4.96. The van der Waals surface area contributed by atoms with Gasteiger partial charge >= 0.3 is 0 Å². The maximum absolute atomic E-state index is 12.1. The lowest BCUT2D eigenvalue weighted by Gasteiger charge is -2.10. The van der Waals surface area contributed by atoms with Gasteiger partial charge in [-0.05, 0) is 33.8 Å². The highest BCUT2D eigenvalue weighted by Crippen LogP contribution is 2.16. The summed E-state index contributed by atoms with van der Waals surface area (Å²) in [6, 6.07) is 3.81. The molecule has 2 aromatic heterocycles. The average molecular weight is 261 g/mol. The number of aryl methyl sites for hydroxylation is 3. The van der Waals surface area contributed by atoms with E-state index in [1.807, 2.05) is 40.8 Å². The Morgan fingerprint density at radius 2 is 1.95 bits per heavy atom. The van der Waals surface area contributed by atoms with E-state index in [0.29, 0.717) is 11.5 Å². The molecule has 6 heteroatoms. The van der Waals surface area contributed by atoms with Crippen molar-refractivity contribution in [3.8, 4) is 0 Å². The van der Waals surface area contributed by atoms with Crippen molar-refractivity contribution in [2.75, 3.05) is 5.32 Å². The van der Waals surface area contributed by atoms with Gasteiger partial charge in [0.15, 0.2) is 5.69 Å². The summed E-state index contributed by atoms with van der Waals surface area (Å²) in [6.45, 7) is 7.85. The molecule has 0 atom stereocenters. The number of hydrogen-bond donors (Lipinski definition) is 1. The number of carbonyl (C=O) groups excluding carboxylic acids is 1. The minimum atomic E-state index is -0.217. The summed E-state index contributed by atoms with van der Waals surface area (Å²) >= 11 is 0. The van der Waals surface area contributed by atoms with Crippen LogP contribution >= 0.6 is 0 Å². The summed E-state index contributed by atoms with van der Waals surface area (Å²) in [5, 5.41) is 11.4. The van der Waals surface area contributed by atoms with Crippen LogP contribution in [0.15, 0.2) is 12.1 Å². The molecule has 0 aliphatic heterocycles. The third-order valence-corrected chi connectivity index (χ3v) is 2.94. The fraction of sp³-hybridized carbons (Fsp3) is 0.462. The van der Waals surface area contributed by atoms with Gasteiger partial charge in [-0.25, -0.2) is 4.68 Å². The molecule has 19 heavy (non-hydrogen) atoms. The summed E-state index contributed by atoms with van der Waals surface area (Å²) in [4.78, 5) is 12.1. The maximum Gasteiger partial charge on any atom is 0.277 e. The fourth-order valence-corrected chi connectivity index (χ4v) is 1.86. The Morgan fingerprint density at radius 1 is 1.26 bits per heavy atom. The van der Waals surface area contributed by atoms with Crippen LogP contribution in [0.2, 0.25) is 0 Å². The van der Waals surface area contributed by atoms with Gasteiger partial charge in [-0.1, -0.05) is 0 Å². The smallest absolute Gasteiger partial charge is 0.277 e. The average Bonchev–Trinajstić information content (AvgIpc) is 2.83. The summed E-state index contributed by atoms with van der Waals surface area (Å²) in [5.41, 5.74) is 2.23. The molecule has 2 heterocycles. The first-order chi connectivity index (χ1) is 8.88. The summed E-state index contributed by atoms with van der Waals surface area (Å²) in [7, 11) is 1.81. The molecule has 0 saturated carbocycles. The quantitative estimate of drug-likeness (QED) is 0.919. The van der Waals surface area contributed by atoms with Gasteiger partial charge in [0.05, 0.1) is 5.69 Å². The van der Waals surface area contributed by atoms with Gasteiger partial charge in [0.2, 0.25) is 0 Å². The number of nitrogens with one attached hydrogen (secondary N) is 1. The number of hydrogen-bond acceptors (Lipinski definition) is 3. The van der Waals surface area contributed by atoms with Crippen molar-refractivity contribution < 1.29 is 4.79 Å². The number of rotatable bonds is 3. The summed E-state index contributed by atoms with van der Waals surface area (Å²) in [5.74, 6) is 0.478. The second kappa shape index (κ2) is 4.87. The molecule has 0 spiro atoms. The van der Waals surface area contributed by atoms with Crippen molar-refractivity contribution in [1.82, 2.24) is 19.6 Å². The van der Waals surface area contributed by atoms with Gasteiger partial charge in [0.1, 0.15) is 5.82 Å². The summed E-state index contributed by atoms with van der Waals surface area (Å²) in [6.07, 6.45) is 0. The van der Waals surface area contributed by atoms with Crippen LogP contribution in [0, 0.1) is 13.8 Å². The first kappa shape index (κ1) is 13.3. The van der Waals surface area contributed by atoms with Crippen molar-refractivity contribution in [3.05, 3.63) is 29.2 Å². The Kier molecular flexibility index (Phi) is 3.42. The van der Waals surface area contributed by atoms with Crippen molar-refractivity contribution in [3.63, 3.8) is 0 Å². The Morgan fingerprint density at radius 3 is 2.47 bits per heavy atom. The van der Waals surface area contributed by atoms with Crippen LogP contribution in [0.1, 0.15) is 41.8 Å². The van der Waals surface area contributed by atoms with Crippen molar-refractivity contribution in [2.45, 2.75) is 33.7 Å². The standard InChI is InChI=1S/C13H19N5O/c1-8(2)18-12(6-9(3)15-18)14-13(19)11-7-10(4)17(5)16-11/h6-8H,1-5H3,(H,14,19). The summed E-state index contributed by atoms with van der Waals surface area (Å²) < 4.78 is 3.48. The van der Waals surface area contributed by atoms with E-state index in [-0.39, 0.29) is 11.9 Å². The van der Waals surface area contributed by atoms with Gasteiger partial charge < -0.3 is 5.32 Å². The number of nitrogens with zero attached hydrogens (tertiary/aromatic N) is 4. The first-order valence-corrected chi connectivity index (χ1v) is 6.26. The molecule has 0 aromatic carbocycles. The predicted molar refractivity (Wildman–Crippen MR) is 73.2 cm³/mol. The zero-order valence-corrected chi connectivity index (χ0v) is 11.9. The Hall–Kier alpha value is -2.11. The molecule has 0 fully saturated rings. The lowest BCUT2D eigenvalue weighted by atomic mass is 10.3. The first-order valence-electron chi connectivity index (χ1n) is 6.26. The zero-order valence-electron chi connectivity index (χ0n) is 11.9. The van der Waals surface area contributed by atoms with E-state index >= 15 is 0 Å². The Balaban J connectivity index is 2.23.